The second-order valence-corrected chi connectivity index (χ2v) is 11.6. The summed E-state index contributed by atoms with van der Waals surface area (Å²) in [6, 6.07) is 0. The number of ketones is 1. The zero-order chi connectivity index (χ0) is 22.4. The summed E-state index contributed by atoms with van der Waals surface area (Å²) in [4.78, 5) is 13.0. The maximum Gasteiger partial charge on any atom is 0.158 e. The smallest absolute Gasteiger partial charge is 0.158 e. The summed E-state index contributed by atoms with van der Waals surface area (Å²) in [6.07, 6.45) is 7.73. The minimum Gasteiger partial charge on any atom is -0.388 e. The number of allylic oxidation sites excluding steroid dienone is 6. The number of rotatable bonds is 3. The van der Waals surface area contributed by atoms with Crippen molar-refractivity contribution in [1.82, 2.24) is 0 Å². The number of aliphatic hydroxyl groups is 1. The van der Waals surface area contributed by atoms with Gasteiger partial charge in [-0.1, -0.05) is 71.1 Å². The zero-order valence-corrected chi connectivity index (χ0v) is 20.2. The molecule has 2 saturated carbocycles. The quantitative estimate of drug-likeness (QED) is 0.394. The molecule has 0 aromatic heterocycles. The highest BCUT2D eigenvalue weighted by Gasteiger charge is 2.71. The molecule has 2 fully saturated rings. The van der Waals surface area contributed by atoms with Crippen LogP contribution in [-0.4, -0.2) is 17.0 Å². The maximum atomic E-state index is 13.0. The van der Waals surface area contributed by atoms with Crippen molar-refractivity contribution in [1.29, 1.82) is 0 Å². The van der Waals surface area contributed by atoms with Gasteiger partial charge in [-0.2, -0.15) is 0 Å². The van der Waals surface area contributed by atoms with E-state index in [0.717, 1.165) is 11.1 Å². The first-order valence-electron chi connectivity index (χ1n) is 11.8. The number of hydrogen-bond acceptors (Lipinski definition) is 2. The molecule has 172 valence electrons. The van der Waals surface area contributed by atoms with Gasteiger partial charge >= 0.3 is 0 Å². The molecule has 2 heteroatoms. The summed E-state index contributed by atoms with van der Waals surface area (Å²) < 4.78 is 0. The molecule has 31 heavy (non-hydrogen) atoms. The Morgan fingerprint density at radius 1 is 1.26 bits per heavy atom. The Kier molecular flexibility index (Phi) is 5.71. The van der Waals surface area contributed by atoms with E-state index in [1.807, 2.05) is 19.9 Å². The number of fused-ring (bicyclic) bond motifs is 3. The molecule has 0 aromatic rings. The summed E-state index contributed by atoms with van der Waals surface area (Å²) in [5.74, 6) is 2.23. The van der Waals surface area contributed by atoms with Gasteiger partial charge in [-0.25, -0.2) is 0 Å². The monoisotopic (exact) mass is 424 g/mol. The Hall–Kier alpha value is -1.41. The first-order valence-corrected chi connectivity index (χ1v) is 11.8. The number of hydrogen-bond donors (Lipinski definition) is 1. The molecule has 8 atom stereocenters. The largest absolute Gasteiger partial charge is 0.388 e. The van der Waals surface area contributed by atoms with Crippen molar-refractivity contribution in [3.05, 3.63) is 47.1 Å². The summed E-state index contributed by atoms with van der Waals surface area (Å²) in [5, 5.41) is 11.8. The van der Waals surface area contributed by atoms with Gasteiger partial charge in [0.1, 0.15) is 0 Å². The van der Waals surface area contributed by atoms with Gasteiger partial charge in [0.2, 0.25) is 0 Å². The molecule has 1 spiro atoms. The second kappa shape index (κ2) is 7.30. The predicted molar refractivity (Wildman–Crippen MR) is 131 cm³/mol. The zero-order valence-electron chi connectivity index (χ0n) is 20.2. The van der Waals surface area contributed by atoms with E-state index in [9.17, 15) is 9.90 Å². The Bertz CT molecular complexity index is 900. The fraction of sp³-hybridized carbons (Fsp3) is 0.690. The van der Waals surface area contributed by atoms with Crippen LogP contribution in [0.4, 0.5) is 0 Å². The molecule has 1 N–H and O–H groups in total. The van der Waals surface area contributed by atoms with Crippen molar-refractivity contribution in [3.8, 4) is 0 Å². The maximum absolute atomic E-state index is 13.0. The predicted octanol–water partition coefficient (Wildman–Crippen LogP) is 6.92. The van der Waals surface area contributed by atoms with Gasteiger partial charge in [0, 0.05) is 23.2 Å². The highest BCUT2D eigenvalue weighted by Crippen LogP contribution is 2.76. The van der Waals surface area contributed by atoms with Gasteiger partial charge < -0.3 is 5.11 Å². The molecule has 0 radical (unpaired) electrons. The number of carbonyl (C=O) groups excluding carboxylic acids is 1. The van der Waals surface area contributed by atoms with E-state index in [0.29, 0.717) is 35.5 Å². The third-order valence-electron chi connectivity index (χ3n) is 10.2. The van der Waals surface area contributed by atoms with E-state index in [-0.39, 0.29) is 24.5 Å². The third-order valence-corrected chi connectivity index (χ3v) is 10.2. The highest BCUT2D eigenvalue weighted by molar-refractivity contribution is 5.95. The lowest BCUT2D eigenvalue weighted by molar-refractivity contribution is -0.119. The molecule has 2 nitrogen and oxygen atoms in total. The van der Waals surface area contributed by atoms with Crippen LogP contribution < -0.4 is 0 Å². The van der Waals surface area contributed by atoms with Crippen molar-refractivity contribution in [2.24, 2.45) is 45.8 Å². The summed E-state index contributed by atoms with van der Waals surface area (Å²) in [5.41, 5.74) is 4.03. The van der Waals surface area contributed by atoms with Gasteiger partial charge in [-0.05, 0) is 74.3 Å². The highest BCUT2D eigenvalue weighted by atomic mass is 16.3. The topological polar surface area (TPSA) is 37.3 Å². The summed E-state index contributed by atoms with van der Waals surface area (Å²) in [6.45, 7) is 22.3. The van der Waals surface area contributed by atoms with Crippen molar-refractivity contribution < 1.29 is 9.90 Å². The molecule has 0 aromatic carbocycles. The van der Waals surface area contributed by atoms with Crippen LogP contribution in [0.3, 0.4) is 0 Å². The van der Waals surface area contributed by atoms with E-state index in [1.165, 1.54) is 17.6 Å². The van der Waals surface area contributed by atoms with Crippen LogP contribution in [0, 0.1) is 45.8 Å². The van der Waals surface area contributed by atoms with Crippen molar-refractivity contribution >= 4 is 5.78 Å². The lowest BCUT2D eigenvalue weighted by Crippen LogP contribution is -2.53. The minimum absolute atomic E-state index is 0. The molecule has 4 rings (SSSR count). The van der Waals surface area contributed by atoms with Crippen LogP contribution in [0.1, 0.15) is 75.7 Å². The number of Topliss-reactive ketones (excluding diaryl/α,β-unsaturated/α-hetero) is 1. The Morgan fingerprint density at radius 3 is 2.45 bits per heavy atom. The third kappa shape index (κ3) is 2.82. The Balaban J connectivity index is 0.00000272. The standard InChI is InChI=1S/C28H40O2.CH4/c1-10-15(2)23(29)13-21-17(4)14-28-18(5)12-22-24(26(22,7)8)20(19(28)6)11-16(3)25(30)27(21,28)9;/h10-11,14,18,20-22,24-25,30H,6,12-13H2,1-5,7-9H3;1H4/b15-10-;/t18-,20?,21?,22-,24?,25?,27?,28?;/m1./s1. The molecule has 4 aliphatic rings. The van der Waals surface area contributed by atoms with E-state index < -0.39 is 11.5 Å². The molecule has 4 aliphatic carbocycles. The number of aliphatic hydroxyl groups excluding tert-OH is 1. The molecule has 2 bridgehead atoms. The SMILES string of the molecule is C.C=C1C2C=C(C)C(O)C3(C)C(CC(=O)/C(C)=C\C)C(C)=CC13[C@H](C)C[C@@H]1C2C1(C)C. The van der Waals surface area contributed by atoms with E-state index >= 15 is 0 Å². The average Bonchev–Trinajstić information content (AvgIpc) is 3.17. The van der Waals surface area contributed by atoms with Crippen molar-refractivity contribution in [2.45, 2.75) is 81.8 Å². The van der Waals surface area contributed by atoms with Crippen molar-refractivity contribution in [2.75, 3.05) is 0 Å². The molecular formula is C29H44O2. The first kappa shape index (κ1) is 24.2. The first-order chi connectivity index (χ1) is 13.9. The lowest BCUT2D eigenvalue weighted by atomic mass is 9.50. The summed E-state index contributed by atoms with van der Waals surface area (Å²) >= 11 is 0. The fourth-order valence-electron chi connectivity index (χ4n) is 8.16. The van der Waals surface area contributed by atoms with Gasteiger partial charge in [0.05, 0.1) is 6.10 Å². The van der Waals surface area contributed by atoms with Crippen LogP contribution >= 0.6 is 0 Å². The van der Waals surface area contributed by atoms with Crippen LogP contribution in [0.5, 0.6) is 0 Å². The molecule has 0 aliphatic heterocycles. The van der Waals surface area contributed by atoms with Crippen LogP contribution in [0.25, 0.3) is 0 Å². The Labute approximate surface area is 190 Å². The molecule has 0 saturated heterocycles. The Morgan fingerprint density at radius 2 is 1.87 bits per heavy atom. The van der Waals surface area contributed by atoms with Crippen molar-refractivity contribution in [3.63, 3.8) is 0 Å². The van der Waals surface area contributed by atoms with Crippen LogP contribution in [-0.2, 0) is 4.79 Å². The molecule has 0 heterocycles. The van der Waals surface area contributed by atoms with E-state index in [1.54, 1.807) is 0 Å². The molecule has 6 unspecified atom stereocenters. The van der Waals surface area contributed by atoms with Gasteiger partial charge in [0.15, 0.2) is 5.78 Å². The van der Waals surface area contributed by atoms with Gasteiger partial charge in [-0.3, -0.25) is 4.79 Å². The number of carbonyl (C=O) groups is 1. The van der Waals surface area contributed by atoms with Crippen LogP contribution in [0.15, 0.2) is 47.1 Å². The van der Waals surface area contributed by atoms with Crippen LogP contribution in [0.2, 0.25) is 0 Å². The second-order valence-electron chi connectivity index (χ2n) is 11.6. The van der Waals surface area contributed by atoms with Gasteiger partial charge in [-0.15, -0.1) is 0 Å². The average molecular weight is 425 g/mol. The normalized spacial score (nSPS) is 45.3. The minimum atomic E-state index is -0.572. The summed E-state index contributed by atoms with van der Waals surface area (Å²) in [7, 11) is 0. The molecule has 0 amide bonds. The van der Waals surface area contributed by atoms with E-state index in [4.69, 9.17) is 6.58 Å². The lowest BCUT2D eigenvalue weighted by Gasteiger charge is -2.53. The van der Waals surface area contributed by atoms with Gasteiger partial charge in [0.25, 0.3) is 0 Å². The van der Waals surface area contributed by atoms with E-state index in [2.05, 4.69) is 53.7 Å². The molecular weight excluding hydrogens is 380 g/mol. The fourth-order valence-corrected chi connectivity index (χ4v) is 8.16.